The normalized spacial score (nSPS) is 21.2. The smallest absolute Gasteiger partial charge is 0.128 e. The standard InChI is InChI=1S/C15H11BrCl2O2/c16-12-6-9(18)1-3-10(12)15-7-13(19)11-5-8(17)2-4-14(11)20-15/h1-6,13,15,19H,7H2/t13-,15?/m0/s1. The summed E-state index contributed by atoms with van der Waals surface area (Å²) in [6.45, 7) is 0. The first kappa shape index (κ1) is 14.2. The van der Waals surface area contributed by atoms with Gasteiger partial charge >= 0.3 is 0 Å². The minimum atomic E-state index is -0.593. The van der Waals surface area contributed by atoms with Crippen molar-refractivity contribution in [2.45, 2.75) is 18.6 Å². The lowest BCUT2D eigenvalue weighted by molar-refractivity contribution is 0.0654. The molecule has 20 heavy (non-hydrogen) atoms. The van der Waals surface area contributed by atoms with E-state index in [9.17, 15) is 5.11 Å². The molecule has 1 unspecified atom stereocenters. The van der Waals surface area contributed by atoms with Crippen molar-refractivity contribution in [3.8, 4) is 5.75 Å². The zero-order valence-electron chi connectivity index (χ0n) is 10.3. The van der Waals surface area contributed by atoms with Gasteiger partial charge in [-0.25, -0.2) is 0 Å². The van der Waals surface area contributed by atoms with E-state index in [0.29, 0.717) is 22.2 Å². The Morgan fingerprint density at radius 2 is 1.75 bits per heavy atom. The first-order valence-corrected chi connectivity index (χ1v) is 7.68. The third kappa shape index (κ3) is 2.68. The zero-order chi connectivity index (χ0) is 14.3. The van der Waals surface area contributed by atoms with Gasteiger partial charge in [0.05, 0.1) is 6.10 Å². The highest BCUT2D eigenvalue weighted by Crippen LogP contribution is 2.43. The van der Waals surface area contributed by atoms with Crippen LogP contribution in [0.2, 0.25) is 10.0 Å². The Morgan fingerprint density at radius 1 is 1.05 bits per heavy atom. The molecule has 1 aliphatic rings. The van der Waals surface area contributed by atoms with Crippen LogP contribution in [0.5, 0.6) is 5.75 Å². The summed E-state index contributed by atoms with van der Waals surface area (Å²) >= 11 is 15.4. The van der Waals surface area contributed by atoms with Crippen LogP contribution in [0.1, 0.15) is 29.8 Å². The van der Waals surface area contributed by atoms with E-state index in [1.54, 1.807) is 18.2 Å². The summed E-state index contributed by atoms with van der Waals surface area (Å²) < 4.78 is 6.85. The van der Waals surface area contributed by atoms with Gasteiger partial charge < -0.3 is 9.84 Å². The van der Waals surface area contributed by atoms with E-state index in [1.807, 2.05) is 18.2 Å². The van der Waals surface area contributed by atoms with Crippen LogP contribution in [0.3, 0.4) is 0 Å². The molecule has 3 rings (SSSR count). The molecule has 2 aromatic rings. The molecule has 0 bridgehead atoms. The van der Waals surface area contributed by atoms with Crippen molar-refractivity contribution in [3.05, 3.63) is 62.0 Å². The summed E-state index contributed by atoms with van der Waals surface area (Å²) in [6, 6.07) is 10.8. The lowest BCUT2D eigenvalue weighted by atomic mass is 9.95. The Kier molecular flexibility index (Phi) is 3.95. The molecule has 1 aliphatic heterocycles. The van der Waals surface area contributed by atoms with Crippen molar-refractivity contribution < 1.29 is 9.84 Å². The SMILES string of the molecule is O[C@H]1CC(c2ccc(Cl)cc2Br)Oc2ccc(Cl)cc21. The highest BCUT2D eigenvalue weighted by atomic mass is 79.9. The van der Waals surface area contributed by atoms with E-state index in [1.165, 1.54) is 0 Å². The zero-order valence-corrected chi connectivity index (χ0v) is 13.4. The van der Waals surface area contributed by atoms with Crippen molar-refractivity contribution >= 4 is 39.1 Å². The van der Waals surface area contributed by atoms with Crippen LogP contribution >= 0.6 is 39.1 Å². The summed E-state index contributed by atoms with van der Waals surface area (Å²) in [5, 5.41) is 11.5. The van der Waals surface area contributed by atoms with Gasteiger partial charge in [-0.2, -0.15) is 0 Å². The molecule has 2 nitrogen and oxygen atoms in total. The summed E-state index contributed by atoms with van der Waals surface area (Å²) in [5.41, 5.74) is 1.70. The second-order valence-corrected chi connectivity index (χ2v) is 6.43. The van der Waals surface area contributed by atoms with Gasteiger partial charge in [0.2, 0.25) is 0 Å². The average molecular weight is 374 g/mol. The molecule has 0 fully saturated rings. The van der Waals surface area contributed by atoms with Crippen LogP contribution < -0.4 is 4.74 Å². The molecule has 0 aliphatic carbocycles. The number of benzene rings is 2. The maximum absolute atomic E-state index is 10.3. The van der Waals surface area contributed by atoms with Crippen LogP contribution in [-0.2, 0) is 0 Å². The molecule has 0 spiro atoms. The molecule has 5 heteroatoms. The Morgan fingerprint density at radius 3 is 2.50 bits per heavy atom. The van der Waals surface area contributed by atoms with Gasteiger partial charge in [-0.1, -0.05) is 45.2 Å². The average Bonchev–Trinajstić information content (AvgIpc) is 2.39. The Hall–Kier alpha value is -0.740. The second-order valence-electron chi connectivity index (χ2n) is 4.71. The molecule has 0 saturated heterocycles. The maximum Gasteiger partial charge on any atom is 0.128 e. The minimum Gasteiger partial charge on any atom is -0.485 e. The highest BCUT2D eigenvalue weighted by Gasteiger charge is 2.29. The van der Waals surface area contributed by atoms with Crippen molar-refractivity contribution in [2.75, 3.05) is 0 Å². The van der Waals surface area contributed by atoms with Gasteiger partial charge in [0.1, 0.15) is 11.9 Å². The summed E-state index contributed by atoms with van der Waals surface area (Å²) in [4.78, 5) is 0. The van der Waals surface area contributed by atoms with Gasteiger partial charge in [0.15, 0.2) is 0 Å². The van der Waals surface area contributed by atoms with E-state index < -0.39 is 6.10 Å². The summed E-state index contributed by atoms with van der Waals surface area (Å²) in [7, 11) is 0. The van der Waals surface area contributed by atoms with Crippen molar-refractivity contribution in [1.82, 2.24) is 0 Å². The van der Waals surface area contributed by atoms with E-state index in [-0.39, 0.29) is 6.10 Å². The Balaban J connectivity index is 1.97. The quantitative estimate of drug-likeness (QED) is 0.733. The van der Waals surface area contributed by atoms with Gasteiger partial charge in [-0.15, -0.1) is 0 Å². The number of ether oxygens (including phenoxy) is 1. The number of fused-ring (bicyclic) bond motifs is 1. The van der Waals surface area contributed by atoms with E-state index in [2.05, 4.69) is 15.9 Å². The third-order valence-corrected chi connectivity index (χ3v) is 4.50. The number of aliphatic hydroxyl groups excluding tert-OH is 1. The Bertz CT molecular complexity index is 660. The number of aliphatic hydroxyl groups is 1. The fourth-order valence-electron chi connectivity index (χ4n) is 2.37. The van der Waals surface area contributed by atoms with Gasteiger partial charge in [0, 0.05) is 32.1 Å². The lowest BCUT2D eigenvalue weighted by Crippen LogP contribution is -2.19. The Labute approximate surface area is 135 Å². The maximum atomic E-state index is 10.3. The number of halogens is 3. The van der Waals surface area contributed by atoms with Crippen molar-refractivity contribution in [2.24, 2.45) is 0 Å². The second kappa shape index (κ2) is 5.57. The first-order valence-electron chi connectivity index (χ1n) is 6.13. The monoisotopic (exact) mass is 372 g/mol. The van der Waals surface area contributed by atoms with Gasteiger partial charge in [0.25, 0.3) is 0 Å². The van der Waals surface area contributed by atoms with Crippen LogP contribution in [0, 0.1) is 0 Å². The topological polar surface area (TPSA) is 29.5 Å². The fourth-order valence-corrected chi connectivity index (χ4v) is 3.49. The molecule has 104 valence electrons. The van der Waals surface area contributed by atoms with Crippen LogP contribution in [0.4, 0.5) is 0 Å². The number of hydrogen-bond donors (Lipinski definition) is 1. The fraction of sp³-hybridized carbons (Fsp3) is 0.200. The predicted octanol–water partition coefficient (Wildman–Crippen LogP) is 5.31. The molecule has 0 aromatic heterocycles. The molecule has 2 aromatic carbocycles. The lowest BCUT2D eigenvalue weighted by Gasteiger charge is -2.30. The molecule has 0 amide bonds. The minimum absolute atomic E-state index is 0.217. The summed E-state index contributed by atoms with van der Waals surface area (Å²) in [5.74, 6) is 0.667. The van der Waals surface area contributed by atoms with Crippen LogP contribution in [-0.4, -0.2) is 5.11 Å². The first-order chi connectivity index (χ1) is 9.54. The van der Waals surface area contributed by atoms with Crippen LogP contribution in [0.15, 0.2) is 40.9 Å². The van der Waals surface area contributed by atoms with E-state index in [4.69, 9.17) is 27.9 Å². The molecule has 1 heterocycles. The summed E-state index contributed by atoms with van der Waals surface area (Å²) in [6.07, 6.45) is -0.330. The van der Waals surface area contributed by atoms with E-state index >= 15 is 0 Å². The van der Waals surface area contributed by atoms with Crippen molar-refractivity contribution in [3.63, 3.8) is 0 Å². The highest BCUT2D eigenvalue weighted by molar-refractivity contribution is 9.10. The molecule has 2 atom stereocenters. The number of rotatable bonds is 1. The molecular weight excluding hydrogens is 363 g/mol. The molecule has 0 radical (unpaired) electrons. The van der Waals surface area contributed by atoms with Gasteiger partial charge in [-0.05, 0) is 30.3 Å². The molecular formula is C15H11BrCl2O2. The third-order valence-electron chi connectivity index (χ3n) is 3.35. The molecule has 0 saturated carbocycles. The van der Waals surface area contributed by atoms with Crippen LogP contribution in [0.25, 0.3) is 0 Å². The predicted molar refractivity (Wildman–Crippen MR) is 83.5 cm³/mol. The number of hydrogen-bond acceptors (Lipinski definition) is 2. The molecule has 1 N–H and O–H groups in total. The largest absolute Gasteiger partial charge is 0.485 e. The van der Waals surface area contributed by atoms with E-state index in [0.717, 1.165) is 15.6 Å². The van der Waals surface area contributed by atoms with Crippen molar-refractivity contribution in [1.29, 1.82) is 0 Å². The van der Waals surface area contributed by atoms with Gasteiger partial charge in [-0.3, -0.25) is 0 Å².